The van der Waals surface area contributed by atoms with E-state index >= 15 is 0 Å². The fraction of sp³-hybridized carbons (Fsp3) is 0.600. The maximum Gasteiger partial charge on any atom is 0.124 e. The van der Waals surface area contributed by atoms with E-state index in [1.54, 1.807) is 12.1 Å². The van der Waals surface area contributed by atoms with Crippen molar-refractivity contribution < 1.29 is 4.39 Å². The minimum absolute atomic E-state index is 0. The fourth-order valence-electron chi connectivity index (χ4n) is 2.91. The van der Waals surface area contributed by atoms with Crippen molar-refractivity contribution in [1.29, 1.82) is 0 Å². The van der Waals surface area contributed by atoms with Crippen molar-refractivity contribution in [2.45, 2.75) is 25.3 Å². The molecule has 1 heterocycles. The van der Waals surface area contributed by atoms with Crippen LogP contribution in [0, 0.1) is 11.7 Å². The van der Waals surface area contributed by atoms with E-state index in [1.807, 2.05) is 6.07 Å². The summed E-state index contributed by atoms with van der Waals surface area (Å²) in [6, 6.07) is 5.57. The summed E-state index contributed by atoms with van der Waals surface area (Å²) in [7, 11) is 0. The Kier molecular flexibility index (Phi) is 7.93. The molecule has 1 aliphatic heterocycles. The SMILES string of the molecule is Cl.Cl.Fc1ccc([C@H](CC2CC2)N2CCNCC2)c(Br)c1. The molecule has 2 aliphatic rings. The molecule has 2 nitrogen and oxygen atoms in total. The summed E-state index contributed by atoms with van der Waals surface area (Å²) in [5.41, 5.74) is 1.25. The highest BCUT2D eigenvalue weighted by molar-refractivity contribution is 9.10. The number of nitrogens with one attached hydrogen (secondary N) is 1. The Hall–Kier alpha value is 0.130. The zero-order valence-corrected chi connectivity index (χ0v) is 15.1. The van der Waals surface area contributed by atoms with Gasteiger partial charge in [-0.25, -0.2) is 4.39 Å². The smallest absolute Gasteiger partial charge is 0.124 e. The van der Waals surface area contributed by atoms with Crippen LogP contribution in [0.4, 0.5) is 4.39 Å². The highest BCUT2D eigenvalue weighted by Crippen LogP contribution is 2.41. The Balaban J connectivity index is 0.00000110. The number of hydrogen-bond acceptors (Lipinski definition) is 2. The molecule has 0 bridgehead atoms. The average molecular weight is 400 g/mol. The van der Waals surface area contributed by atoms with Gasteiger partial charge in [-0.3, -0.25) is 4.90 Å². The molecule has 6 heteroatoms. The summed E-state index contributed by atoms with van der Waals surface area (Å²) in [5, 5.41) is 3.40. The monoisotopic (exact) mass is 398 g/mol. The van der Waals surface area contributed by atoms with Crippen molar-refractivity contribution in [3.8, 4) is 0 Å². The molecule has 1 saturated heterocycles. The van der Waals surface area contributed by atoms with Gasteiger partial charge < -0.3 is 5.32 Å². The summed E-state index contributed by atoms with van der Waals surface area (Å²) in [6.45, 7) is 4.28. The van der Waals surface area contributed by atoms with Crippen molar-refractivity contribution in [3.05, 3.63) is 34.1 Å². The molecule has 120 valence electrons. The highest BCUT2D eigenvalue weighted by Gasteiger charge is 2.31. The molecule has 0 radical (unpaired) electrons. The second kappa shape index (κ2) is 8.68. The first-order valence-electron chi connectivity index (χ1n) is 7.14. The number of piperazine rings is 1. The molecule has 1 N–H and O–H groups in total. The molecule has 0 spiro atoms. The molecule has 0 aromatic heterocycles. The summed E-state index contributed by atoms with van der Waals surface area (Å²) < 4.78 is 14.2. The van der Waals surface area contributed by atoms with Gasteiger partial charge in [-0.2, -0.15) is 0 Å². The van der Waals surface area contributed by atoms with Crippen LogP contribution in [0.2, 0.25) is 0 Å². The van der Waals surface area contributed by atoms with Crippen LogP contribution < -0.4 is 5.32 Å². The van der Waals surface area contributed by atoms with Gasteiger partial charge in [0.05, 0.1) is 0 Å². The van der Waals surface area contributed by atoms with Crippen molar-refractivity contribution in [3.63, 3.8) is 0 Å². The van der Waals surface area contributed by atoms with Gasteiger partial charge in [-0.15, -0.1) is 24.8 Å². The molecule has 1 aromatic carbocycles. The highest BCUT2D eigenvalue weighted by atomic mass is 79.9. The van der Waals surface area contributed by atoms with Crippen LogP contribution in [0.5, 0.6) is 0 Å². The van der Waals surface area contributed by atoms with Crippen molar-refractivity contribution >= 4 is 40.7 Å². The van der Waals surface area contributed by atoms with Crippen LogP contribution >= 0.6 is 40.7 Å². The predicted molar refractivity (Wildman–Crippen MR) is 93.1 cm³/mol. The third-order valence-electron chi connectivity index (χ3n) is 4.17. The second-order valence-electron chi connectivity index (χ2n) is 5.65. The summed E-state index contributed by atoms with van der Waals surface area (Å²) in [6.07, 6.45) is 3.94. The Morgan fingerprint density at radius 3 is 2.48 bits per heavy atom. The standard InChI is InChI=1S/C15H20BrFN2.2ClH/c16-14-10-12(17)3-4-13(14)15(9-11-1-2-11)19-7-5-18-6-8-19;;/h3-4,10-11,15,18H,1-2,5-9H2;2*1H/t15-;;/m0../s1. The van der Waals surface area contributed by atoms with E-state index in [4.69, 9.17) is 0 Å². The minimum Gasteiger partial charge on any atom is -0.314 e. The topological polar surface area (TPSA) is 15.3 Å². The molecule has 0 unspecified atom stereocenters. The first-order chi connectivity index (χ1) is 9.24. The van der Waals surface area contributed by atoms with Crippen molar-refractivity contribution in [1.82, 2.24) is 10.2 Å². The number of nitrogens with zero attached hydrogens (tertiary/aromatic N) is 1. The average Bonchev–Trinajstić information content (AvgIpc) is 3.22. The normalized spacial score (nSPS) is 20.3. The number of halogens is 4. The van der Waals surface area contributed by atoms with E-state index < -0.39 is 0 Å². The van der Waals surface area contributed by atoms with Gasteiger partial charge in [0.1, 0.15) is 5.82 Å². The lowest BCUT2D eigenvalue weighted by atomic mass is 9.98. The van der Waals surface area contributed by atoms with Crippen LogP contribution in [0.1, 0.15) is 30.9 Å². The summed E-state index contributed by atoms with van der Waals surface area (Å²) in [4.78, 5) is 2.55. The Labute approximate surface area is 146 Å². The number of rotatable bonds is 4. The fourth-order valence-corrected chi connectivity index (χ4v) is 3.52. The first-order valence-corrected chi connectivity index (χ1v) is 7.93. The lowest BCUT2D eigenvalue weighted by Crippen LogP contribution is -2.45. The van der Waals surface area contributed by atoms with Gasteiger partial charge in [0, 0.05) is 36.7 Å². The van der Waals surface area contributed by atoms with Gasteiger partial charge in [0.15, 0.2) is 0 Å². The maximum atomic E-state index is 13.3. The molecule has 1 atom stereocenters. The van der Waals surface area contributed by atoms with E-state index in [1.165, 1.54) is 24.8 Å². The largest absolute Gasteiger partial charge is 0.314 e. The van der Waals surface area contributed by atoms with E-state index in [2.05, 4.69) is 26.1 Å². The van der Waals surface area contributed by atoms with Gasteiger partial charge >= 0.3 is 0 Å². The van der Waals surface area contributed by atoms with E-state index in [-0.39, 0.29) is 30.6 Å². The zero-order chi connectivity index (χ0) is 13.2. The third kappa shape index (κ3) is 5.07. The predicted octanol–water partition coefficient (Wildman–Crippen LogP) is 4.18. The van der Waals surface area contributed by atoms with Crippen LogP contribution in [0.25, 0.3) is 0 Å². The van der Waals surface area contributed by atoms with Gasteiger partial charge in [0.25, 0.3) is 0 Å². The van der Waals surface area contributed by atoms with E-state index in [0.717, 1.165) is 36.6 Å². The molecule has 21 heavy (non-hydrogen) atoms. The second-order valence-corrected chi connectivity index (χ2v) is 6.50. The van der Waals surface area contributed by atoms with Gasteiger partial charge in [-0.05, 0) is 30.0 Å². The van der Waals surface area contributed by atoms with Crippen LogP contribution in [-0.2, 0) is 0 Å². The lowest BCUT2D eigenvalue weighted by Gasteiger charge is -2.36. The molecular formula is C15H22BrCl2FN2. The van der Waals surface area contributed by atoms with Crippen molar-refractivity contribution in [2.75, 3.05) is 26.2 Å². The minimum atomic E-state index is -0.166. The molecule has 3 rings (SSSR count). The molecule has 0 amide bonds. The van der Waals surface area contributed by atoms with E-state index in [0.29, 0.717) is 6.04 Å². The number of hydrogen-bond donors (Lipinski definition) is 1. The first kappa shape index (κ1) is 19.2. The quantitative estimate of drug-likeness (QED) is 0.816. The van der Waals surface area contributed by atoms with Crippen LogP contribution in [-0.4, -0.2) is 31.1 Å². The van der Waals surface area contributed by atoms with Crippen LogP contribution in [0.15, 0.2) is 22.7 Å². The Bertz CT molecular complexity index is 451. The zero-order valence-electron chi connectivity index (χ0n) is 11.9. The molecule has 1 aromatic rings. The van der Waals surface area contributed by atoms with E-state index in [9.17, 15) is 4.39 Å². The van der Waals surface area contributed by atoms with Gasteiger partial charge in [-0.1, -0.05) is 34.8 Å². The van der Waals surface area contributed by atoms with Crippen LogP contribution in [0.3, 0.4) is 0 Å². The molecule has 1 saturated carbocycles. The molecular weight excluding hydrogens is 378 g/mol. The van der Waals surface area contributed by atoms with Crippen molar-refractivity contribution in [2.24, 2.45) is 5.92 Å². The Morgan fingerprint density at radius 1 is 1.24 bits per heavy atom. The molecule has 1 aliphatic carbocycles. The van der Waals surface area contributed by atoms with Gasteiger partial charge in [0.2, 0.25) is 0 Å². The Morgan fingerprint density at radius 2 is 1.90 bits per heavy atom. The lowest BCUT2D eigenvalue weighted by molar-refractivity contribution is 0.160. The summed E-state index contributed by atoms with van der Waals surface area (Å²) >= 11 is 3.54. The molecule has 2 fully saturated rings. The third-order valence-corrected chi connectivity index (χ3v) is 4.85. The summed E-state index contributed by atoms with van der Waals surface area (Å²) in [5.74, 6) is 0.706. The number of benzene rings is 1. The maximum absolute atomic E-state index is 13.3.